The van der Waals surface area contributed by atoms with Crippen molar-refractivity contribution in [2.45, 2.75) is 50.5 Å². The summed E-state index contributed by atoms with van der Waals surface area (Å²) in [7, 11) is -3.38. The molecule has 0 spiro atoms. The maximum atomic E-state index is 12.2. The smallest absolute Gasteiger partial charge is 0.221 e. The molecule has 3 atom stereocenters. The molecule has 22 heavy (non-hydrogen) atoms. The fraction of sp³-hybridized carbons (Fsp3) is 0.588. The highest BCUT2D eigenvalue weighted by molar-refractivity contribution is 7.91. The van der Waals surface area contributed by atoms with Crippen LogP contribution in [0.1, 0.15) is 39.5 Å². The van der Waals surface area contributed by atoms with E-state index in [1.807, 2.05) is 0 Å². The first-order valence-electron chi connectivity index (χ1n) is 7.97. The summed E-state index contributed by atoms with van der Waals surface area (Å²) in [5.74, 6) is 0.750. The Morgan fingerprint density at radius 3 is 2.55 bits per heavy atom. The maximum absolute atomic E-state index is 12.2. The van der Waals surface area contributed by atoms with Gasteiger partial charge in [0, 0.05) is 12.5 Å². The lowest BCUT2D eigenvalue weighted by atomic mass is 9.78. The number of hydrogen-bond donors (Lipinski definition) is 1. The molecule has 1 amide bonds. The number of carbonyl (C=O) groups is 1. The number of hydrogen-bond acceptors (Lipinski definition) is 3. The van der Waals surface area contributed by atoms with Crippen molar-refractivity contribution in [2.24, 2.45) is 11.8 Å². The highest BCUT2D eigenvalue weighted by atomic mass is 32.2. The van der Waals surface area contributed by atoms with Gasteiger partial charge in [-0.2, -0.15) is 0 Å². The van der Waals surface area contributed by atoms with Crippen molar-refractivity contribution in [3.8, 4) is 0 Å². The van der Waals surface area contributed by atoms with Crippen molar-refractivity contribution in [1.82, 2.24) is 5.32 Å². The summed E-state index contributed by atoms with van der Waals surface area (Å²) in [6.07, 6.45) is 3.34. The van der Waals surface area contributed by atoms with Gasteiger partial charge in [0.1, 0.15) is 0 Å². The van der Waals surface area contributed by atoms with E-state index in [1.165, 1.54) is 6.42 Å². The Kier molecular flexibility index (Phi) is 5.62. The van der Waals surface area contributed by atoms with E-state index in [0.717, 1.165) is 12.8 Å². The highest BCUT2D eigenvalue weighted by Gasteiger charge is 2.28. The first kappa shape index (κ1) is 17.0. The highest BCUT2D eigenvalue weighted by Crippen LogP contribution is 2.29. The molecule has 1 aromatic rings. The van der Waals surface area contributed by atoms with Gasteiger partial charge in [-0.25, -0.2) is 8.42 Å². The second-order valence-corrected chi connectivity index (χ2v) is 8.43. The van der Waals surface area contributed by atoms with Crippen LogP contribution in [0.4, 0.5) is 0 Å². The third-order valence-electron chi connectivity index (χ3n) is 4.75. The monoisotopic (exact) mass is 323 g/mol. The Hall–Kier alpha value is -1.36. The van der Waals surface area contributed by atoms with E-state index in [0.29, 0.717) is 11.8 Å². The Bertz CT molecular complexity index is 598. The summed E-state index contributed by atoms with van der Waals surface area (Å²) in [5.41, 5.74) is 0. The molecule has 1 aliphatic carbocycles. The maximum Gasteiger partial charge on any atom is 0.221 e. The van der Waals surface area contributed by atoms with Crippen LogP contribution in [0, 0.1) is 11.8 Å². The Morgan fingerprint density at radius 1 is 1.18 bits per heavy atom. The molecule has 0 radical (unpaired) electrons. The summed E-state index contributed by atoms with van der Waals surface area (Å²) in [5, 5.41) is 3.02. The van der Waals surface area contributed by atoms with Gasteiger partial charge in [-0.05, 0) is 30.4 Å². The molecule has 1 aromatic carbocycles. The van der Waals surface area contributed by atoms with Crippen LogP contribution >= 0.6 is 0 Å². The molecule has 0 saturated heterocycles. The van der Waals surface area contributed by atoms with Crippen molar-refractivity contribution in [3.05, 3.63) is 30.3 Å². The van der Waals surface area contributed by atoms with E-state index < -0.39 is 9.84 Å². The summed E-state index contributed by atoms with van der Waals surface area (Å²) < 4.78 is 24.3. The predicted molar refractivity (Wildman–Crippen MR) is 87.2 cm³/mol. The number of benzene rings is 1. The molecule has 1 fully saturated rings. The molecule has 0 unspecified atom stereocenters. The Morgan fingerprint density at radius 2 is 1.86 bits per heavy atom. The number of nitrogens with one attached hydrogen (secondary N) is 1. The molecule has 122 valence electrons. The number of rotatable bonds is 5. The predicted octanol–water partition coefficient (Wildman–Crippen LogP) is 2.79. The molecule has 1 N–H and O–H groups in total. The van der Waals surface area contributed by atoms with Crippen molar-refractivity contribution in [1.29, 1.82) is 0 Å². The van der Waals surface area contributed by atoms with E-state index >= 15 is 0 Å². The lowest BCUT2D eigenvalue weighted by Crippen LogP contribution is -2.44. The van der Waals surface area contributed by atoms with Crippen LogP contribution in [0.25, 0.3) is 0 Å². The molecular formula is C17H25NO3S. The van der Waals surface area contributed by atoms with Gasteiger partial charge in [-0.15, -0.1) is 0 Å². The van der Waals surface area contributed by atoms with Crippen LogP contribution in [0.2, 0.25) is 0 Å². The topological polar surface area (TPSA) is 63.2 Å². The molecule has 4 nitrogen and oxygen atoms in total. The largest absolute Gasteiger partial charge is 0.353 e. The summed E-state index contributed by atoms with van der Waals surface area (Å²) >= 11 is 0. The third-order valence-corrected chi connectivity index (χ3v) is 6.49. The number of carbonyl (C=O) groups excluding carboxylic acids is 1. The fourth-order valence-corrected chi connectivity index (χ4v) is 4.30. The summed E-state index contributed by atoms with van der Waals surface area (Å²) in [6.45, 7) is 4.37. The van der Waals surface area contributed by atoms with E-state index in [-0.39, 0.29) is 29.0 Å². The van der Waals surface area contributed by atoms with Gasteiger partial charge in [0.05, 0.1) is 10.6 Å². The molecule has 0 heterocycles. The lowest BCUT2D eigenvalue weighted by Gasteiger charge is -2.34. The molecule has 0 bridgehead atoms. The average Bonchev–Trinajstić information content (AvgIpc) is 2.51. The van der Waals surface area contributed by atoms with Crippen LogP contribution < -0.4 is 5.32 Å². The minimum atomic E-state index is -3.38. The van der Waals surface area contributed by atoms with Gasteiger partial charge < -0.3 is 5.32 Å². The zero-order chi connectivity index (χ0) is 16.2. The summed E-state index contributed by atoms with van der Waals surface area (Å²) in [4.78, 5) is 12.3. The van der Waals surface area contributed by atoms with Gasteiger partial charge >= 0.3 is 0 Å². The number of amides is 1. The van der Waals surface area contributed by atoms with Crippen molar-refractivity contribution >= 4 is 15.7 Å². The zero-order valence-corrected chi connectivity index (χ0v) is 14.1. The molecule has 0 aliphatic heterocycles. The molecule has 1 saturated carbocycles. The van der Waals surface area contributed by atoms with Crippen LogP contribution in [-0.4, -0.2) is 26.1 Å². The van der Waals surface area contributed by atoms with Gasteiger partial charge in [0.25, 0.3) is 0 Å². The first-order chi connectivity index (χ1) is 10.4. The number of sulfone groups is 1. The average molecular weight is 323 g/mol. The van der Waals surface area contributed by atoms with Crippen LogP contribution in [0.5, 0.6) is 0 Å². The van der Waals surface area contributed by atoms with E-state index in [2.05, 4.69) is 19.2 Å². The SMILES string of the molecule is C[C@@H]1[C@H](C)CCC[C@@H]1NC(=O)CCS(=O)(=O)c1ccccc1. The molecule has 2 rings (SSSR count). The summed E-state index contributed by atoms with van der Waals surface area (Å²) in [6, 6.07) is 8.47. The second-order valence-electron chi connectivity index (χ2n) is 6.32. The Balaban J connectivity index is 1.88. The molecule has 1 aliphatic rings. The third kappa shape index (κ3) is 4.32. The molecular weight excluding hydrogens is 298 g/mol. The van der Waals surface area contributed by atoms with Crippen LogP contribution in [0.3, 0.4) is 0 Å². The quantitative estimate of drug-likeness (QED) is 0.906. The van der Waals surface area contributed by atoms with Gasteiger partial charge in [-0.1, -0.05) is 44.9 Å². The van der Waals surface area contributed by atoms with E-state index in [1.54, 1.807) is 30.3 Å². The lowest BCUT2D eigenvalue weighted by molar-refractivity contribution is -0.122. The molecule has 5 heteroatoms. The van der Waals surface area contributed by atoms with Crippen LogP contribution in [0.15, 0.2) is 35.2 Å². The standard InChI is InChI=1S/C17H25NO3S/c1-13-7-6-10-16(14(13)2)18-17(19)11-12-22(20,21)15-8-4-3-5-9-15/h3-5,8-9,13-14,16H,6-7,10-12H2,1-2H3,(H,18,19)/t13-,14-,16+/m1/s1. The fourth-order valence-electron chi connectivity index (χ4n) is 3.04. The van der Waals surface area contributed by atoms with E-state index in [9.17, 15) is 13.2 Å². The minimum absolute atomic E-state index is 0.0226. The minimum Gasteiger partial charge on any atom is -0.353 e. The Labute approximate surface area is 133 Å². The van der Waals surface area contributed by atoms with Gasteiger partial charge in [0.15, 0.2) is 9.84 Å². The second kappa shape index (κ2) is 7.27. The first-order valence-corrected chi connectivity index (χ1v) is 9.62. The van der Waals surface area contributed by atoms with Gasteiger partial charge in [0.2, 0.25) is 5.91 Å². The van der Waals surface area contributed by atoms with E-state index in [4.69, 9.17) is 0 Å². The molecule has 0 aromatic heterocycles. The van der Waals surface area contributed by atoms with Crippen molar-refractivity contribution in [3.63, 3.8) is 0 Å². The zero-order valence-electron chi connectivity index (χ0n) is 13.3. The van der Waals surface area contributed by atoms with Gasteiger partial charge in [-0.3, -0.25) is 4.79 Å². The van der Waals surface area contributed by atoms with Crippen molar-refractivity contribution in [2.75, 3.05) is 5.75 Å². The van der Waals surface area contributed by atoms with Crippen molar-refractivity contribution < 1.29 is 13.2 Å². The van der Waals surface area contributed by atoms with Crippen LogP contribution in [-0.2, 0) is 14.6 Å². The normalized spacial score (nSPS) is 25.6.